The largest absolute Gasteiger partial charge is 0.128 e. The molecule has 0 amide bonds. The van der Waals surface area contributed by atoms with Crippen LogP contribution in [0.2, 0.25) is 4.34 Å². The molecule has 0 radical (unpaired) electrons. The lowest BCUT2D eigenvalue weighted by Crippen LogP contribution is -2.21. The first-order valence-electron chi connectivity index (χ1n) is 4.78. The van der Waals surface area contributed by atoms with E-state index in [9.17, 15) is 0 Å². The van der Waals surface area contributed by atoms with Crippen molar-refractivity contribution < 1.29 is 0 Å². The molecule has 0 aliphatic heterocycles. The maximum atomic E-state index is 6.29. The fraction of sp³-hybridized carbons (Fsp3) is 0.636. The molecule has 0 aromatic carbocycles. The number of halogens is 2. The number of alkyl halides is 1. The fourth-order valence-electron chi connectivity index (χ4n) is 1.19. The van der Waals surface area contributed by atoms with Crippen molar-refractivity contribution >= 4 is 34.5 Å². The van der Waals surface area contributed by atoms with Gasteiger partial charge in [0.25, 0.3) is 0 Å². The molecular formula is C11H16Cl2S. The van der Waals surface area contributed by atoms with Gasteiger partial charge in [0.2, 0.25) is 0 Å². The van der Waals surface area contributed by atoms with Crippen LogP contribution in [0.15, 0.2) is 12.1 Å². The second-order valence-corrected chi connectivity index (χ2v) is 6.90. The van der Waals surface area contributed by atoms with Crippen LogP contribution in [-0.2, 0) is 6.42 Å². The molecule has 0 N–H and O–H groups in total. The SMILES string of the molecule is CC(C)(C)C(Cl)CCc1ccc(Cl)s1. The third-order valence-electron chi connectivity index (χ3n) is 2.21. The summed E-state index contributed by atoms with van der Waals surface area (Å²) in [7, 11) is 0. The summed E-state index contributed by atoms with van der Waals surface area (Å²) in [6, 6.07) is 4.03. The average Bonchev–Trinajstić information content (AvgIpc) is 2.45. The van der Waals surface area contributed by atoms with E-state index >= 15 is 0 Å². The van der Waals surface area contributed by atoms with Crippen LogP contribution in [0.5, 0.6) is 0 Å². The Kier molecular flexibility index (Phi) is 4.30. The summed E-state index contributed by atoms with van der Waals surface area (Å²) in [4.78, 5) is 1.32. The van der Waals surface area contributed by atoms with E-state index in [0.29, 0.717) is 0 Å². The molecule has 0 nitrogen and oxygen atoms in total. The molecule has 1 unspecified atom stereocenters. The van der Waals surface area contributed by atoms with Crippen molar-refractivity contribution in [2.45, 2.75) is 39.0 Å². The Hall–Kier alpha value is 0.280. The van der Waals surface area contributed by atoms with Gasteiger partial charge in [-0.2, -0.15) is 0 Å². The highest BCUT2D eigenvalue weighted by Gasteiger charge is 2.21. The minimum atomic E-state index is 0.183. The molecule has 14 heavy (non-hydrogen) atoms. The molecule has 1 rings (SSSR count). The molecule has 0 saturated heterocycles. The number of thiophene rings is 1. The summed E-state index contributed by atoms with van der Waals surface area (Å²) in [6.07, 6.45) is 2.05. The van der Waals surface area contributed by atoms with Crippen LogP contribution in [0.3, 0.4) is 0 Å². The summed E-state index contributed by atoms with van der Waals surface area (Å²) in [6.45, 7) is 6.52. The number of rotatable bonds is 3. The minimum absolute atomic E-state index is 0.183. The molecule has 0 saturated carbocycles. The third-order valence-corrected chi connectivity index (χ3v) is 4.38. The maximum Gasteiger partial charge on any atom is 0.0931 e. The van der Waals surface area contributed by atoms with E-state index < -0.39 is 0 Å². The normalized spacial score (nSPS) is 14.4. The first-order chi connectivity index (χ1) is 6.39. The highest BCUT2D eigenvalue weighted by molar-refractivity contribution is 7.16. The highest BCUT2D eigenvalue weighted by atomic mass is 35.5. The number of hydrogen-bond acceptors (Lipinski definition) is 1. The zero-order chi connectivity index (χ0) is 10.8. The highest BCUT2D eigenvalue weighted by Crippen LogP contribution is 2.30. The summed E-state index contributed by atoms with van der Waals surface area (Å²) in [5.41, 5.74) is 0.183. The van der Waals surface area contributed by atoms with Crippen molar-refractivity contribution in [3.8, 4) is 0 Å². The Balaban J connectivity index is 2.41. The summed E-state index contributed by atoms with van der Waals surface area (Å²) >= 11 is 13.8. The quantitative estimate of drug-likeness (QED) is 0.664. The third kappa shape index (κ3) is 3.80. The van der Waals surface area contributed by atoms with E-state index in [4.69, 9.17) is 23.2 Å². The molecule has 0 spiro atoms. The van der Waals surface area contributed by atoms with Crippen molar-refractivity contribution in [1.29, 1.82) is 0 Å². The lowest BCUT2D eigenvalue weighted by Gasteiger charge is -2.24. The standard InChI is InChI=1S/C11H16Cl2S/c1-11(2,3)9(12)6-4-8-5-7-10(13)14-8/h5,7,9H,4,6H2,1-3H3. The second kappa shape index (κ2) is 4.87. The van der Waals surface area contributed by atoms with Gasteiger partial charge in [0.15, 0.2) is 0 Å². The molecule has 80 valence electrons. The van der Waals surface area contributed by atoms with Crippen LogP contribution in [0.1, 0.15) is 32.1 Å². The van der Waals surface area contributed by atoms with Crippen molar-refractivity contribution in [1.82, 2.24) is 0 Å². The molecule has 0 fully saturated rings. The summed E-state index contributed by atoms with van der Waals surface area (Å²) < 4.78 is 0.863. The molecule has 0 aliphatic carbocycles. The van der Waals surface area contributed by atoms with Crippen LogP contribution in [0.4, 0.5) is 0 Å². The zero-order valence-electron chi connectivity index (χ0n) is 8.81. The van der Waals surface area contributed by atoms with E-state index in [1.807, 2.05) is 6.07 Å². The molecule has 0 aliphatic rings. The molecule has 3 heteroatoms. The van der Waals surface area contributed by atoms with Crippen LogP contribution < -0.4 is 0 Å². The lowest BCUT2D eigenvalue weighted by molar-refractivity contribution is 0.374. The molecule has 0 bridgehead atoms. The van der Waals surface area contributed by atoms with Gasteiger partial charge in [0.05, 0.1) is 4.34 Å². The lowest BCUT2D eigenvalue weighted by atomic mass is 9.89. The topological polar surface area (TPSA) is 0 Å². The monoisotopic (exact) mass is 250 g/mol. The molecule has 1 aromatic heterocycles. The van der Waals surface area contributed by atoms with E-state index in [0.717, 1.165) is 17.2 Å². The van der Waals surface area contributed by atoms with Gasteiger partial charge < -0.3 is 0 Å². The van der Waals surface area contributed by atoms with E-state index in [2.05, 4.69) is 26.8 Å². The Labute approximate surface area is 100 Å². The second-order valence-electron chi connectivity index (χ2n) is 4.58. The van der Waals surface area contributed by atoms with Crippen molar-refractivity contribution in [2.75, 3.05) is 0 Å². The molecular weight excluding hydrogens is 235 g/mol. The summed E-state index contributed by atoms with van der Waals surface area (Å²) in [5, 5.41) is 0.225. The van der Waals surface area contributed by atoms with Gasteiger partial charge in [-0.1, -0.05) is 32.4 Å². The number of aryl methyl sites for hydroxylation is 1. The molecule has 1 heterocycles. The van der Waals surface area contributed by atoms with Gasteiger partial charge in [-0.15, -0.1) is 22.9 Å². The predicted octanol–water partition coefficient (Wildman–Crippen LogP) is 4.99. The Bertz CT molecular complexity index is 286. The van der Waals surface area contributed by atoms with E-state index in [1.54, 1.807) is 11.3 Å². The first-order valence-corrected chi connectivity index (χ1v) is 6.41. The van der Waals surface area contributed by atoms with Crippen LogP contribution in [0, 0.1) is 5.41 Å². The molecule has 1 atom stereocenters. The van der Waals surface area contributed by atoms with Gasteiger partial charge in [-0.3, -0.25) is 0 Å². The Morgan fingerprint density at radius 2 is 2.00 bits per heavy atom. The Morgan fingerprint density at radius 3 is 2.43 bits per heavy atom. The van der Waals surface area contributed by atoms with Gasteiger partial charge in [0, 0.05) is 10.3 Å². The fourth-order valence-corrected chi connectivity index (χ4v) is 2.40. The van der Waals surface area contributed by atoms with E-state index in [1.165, 1.54) is 4.88 Å². The maximum absolute atomic E-state index is 6.29. The van der Waals surface area contributed by atoms with Crippen LogP contribution >= 0.6 is 34.5 Å². The first kappa shape index (κ1) is 12.4. The van der Waals surface area contributed by atoms with Gasteiger partial charge in [0.1, 0.15) is 0 Å². The van der Waals surface area contributed by atoms with Gasteiger partial charge >= 0.3 is 0 Å². The minimum Gasteiger partial charge on any atom is -0.128 e. The predicted molar refractivity (Wildman–Crippen MR) is 66.7 cm³/mol. The molecule has 1 aromatic rings. The van der Waals surface area contributed by atoms with Crippen molar-refractivity contribution in [2.24, 2.45) is 5.41 Å². The smallest absolute Gasteiger partial charge is 0.0931 e. The zero-order valence-corrected chi connectivity index (χ0v) is 11.1. The number of hydrogen-bond donors (Lipinski definition) is 0. The van der Waals surface area contributed by atoms with Crippen LogP contribution in [0.25, 0.3) is 0 Å². The van der Waals surface area contributed by atoms with Gasteiger partial charge in [-0.25, -0.2) is 0 Å². The Morgan fingerprint density at radius 1 is 1.36 bits per heavy atom. The van der Waals surface area contributed by atoms with Crippen LogP contribution in [-0.4, -0.2) is 5.38 Å². The average molecular weight is 251 g/mol. The van der Waals surface area contributed by atoms with Gasteiger partial charge in [-0.05, 0) is 30.4 Å². The summed E-state index contributed by atoms with van der Waals surface area (Å²) in [5.74, 6) is 0. The van der Waals surface area contributed by atoms with Crippen molar-refractivity contribution in [3.05, 3.63) is 21.3 Å². The van der Waals surface area contributed by atoms with E-state index in [-0.39, 0.29) is 10.8 Å². The van der Waals surface area contributed by atoms with Crippen molar-refractivity contribution in [3.63, 3.8) is 0 Å².